The average Bonchev–Trinajstić information content (AvgIpc) is 3.14. The fourth-order valence-corrected chi connectivity index (χ4v) is 3.28. The van der Waals surface area contributed by atoms with Gasteiger partial charge < -0.3 is 10.3 Å². The van der Waals surface area contributed by atoms with E-state index in [1.807, 2.05) is 19.1 Å². The van der Waals surface area contributed by atoms with Gasteiger partial charge in [-0.15, -0.1) is 0 Å². The summed E-state index contributed by atoms with van der Waals surface area (Å²) in [6, 6.07) is 13.4. The monoisotopic (exact) mass is 346 g/mol. The van der Waals surface area contributed by atoms with Crippen molar-refractivity contribution in [2.24, 2.45) is 0 Å². The number of anilines is 1. The number of H-pyrrole nitrogens is 1. The van der Waals surface area contributed by atoms with Crippen LogP contribution in [0.1, 0.15) is 27.3 Å². The largest absolute Gasteiger partial charge is 0.359 e. The summed E-state index contributed by atoms with van der Waals surface area (Å²) in [6.07, 6.45) is 2.42. The lowest BCUT2D eigenvalue weighted by Crippen LogP contribution is -2.03. The van der Waals surface area contributed by atoms with Crippen LogP contribution in [0.4, 0.5) is 10.1 Å². The molecule has 1 aliphatic rings. The van der Waals surface area contributed by atoms with Crippen molar-refractivity contribution in [3.63, 3.8) is 0 Å². The number of aldehydes is 1. The molecule has 0 bridgehead atoms. The maximum atomic E-state index is 13.7. The molecule has 2 N–H and O–H groups in total. The number of aryl methyl sites for hydroxylation is 1. The zero-order valence-corrected chi connectivity index (χ0v) is 14.0. The summed E-state index contributed by atoms with van der Waals surface area (Å²) in [6.45, 7) is 1.84. The molecule has 128 valence electrons. The molecular weight excluding hydrogens is 331 g/mol. The highest BCUT2D eigenvalue weighted by Crippen LogP contribution is 2.40. The second-order valence-electron chi connectivity index (χ2n) is 6.19. The van der Waals surface area contributed by atoms with Crippen molar-refractivity contribution in [3.8, 4) is 11.1 Å². The van der Waals surface area contributed by atoms with Crippen LogP contribution >= 0.6 is 0 Å². The summed E-state index contributed by atoms with van der Waals surface area (Å²) in [5.41, 5.74) is 5.13. The van der Waals surface area contributed by atoms with E-state index < -0.39 is 0 Å². The molecule has 26 heavy (non-hydrogen) atoms. The Balaban J connectivity index is 1.93. The first-order chi connectivity index (χ1) is 12.6. The fraction of sp³-hybridized carbons (Fsp3) is 0.0476. The number of rotatable bonds is 3. The fourth-order valence-electron chi connectivity index (χ4n) is 3.28. The van der Waals surface area contributed by atoms with E-state index in [9.17, 15) is 14.0 Å². The second-order valence-corrected chi connectivity index (χ2v) is 6.19. The maximum Gasteiger partial charge on any atom is 0.256 e. The van der Waals surface area contributed by atoms with E-state index in [2.05, 4.69) is 10.3 Å². The van der Waals surface area contributed by atoms with E-state index in [0.717, 1.165) is 17.5 Å². The Hall–Kier alpha value is -3.47. The van der Waals surface area contributed by atoms with E-state index in [0.29, 0.717) is 33.6 Å². The molecule has 4 nitrogen and oxygen atoms in total. The van der Waals surface area contributed by atoms with Gasteiger partial charge >= 0.3 is 0 Å². The molecule has 0 unspecified atom stereocenters. The summed E-state index contributed by atoms with van der Waals surface area (Å²) in [7, 11) is 0. The predicted molar refractivity (Wildman–Crippen MR) is 99.3 cm³/mol. The van der Waals surface area contributed by atoms with Gasteiger partial charge in [-0.1, -0.05) is 24.3 Å². The molecule has 0 saturated carbocycles. The number of carbonyl (C=O) groups excluding carboxylic acids is 2. The van der Waals surface area contributed by atoms with Gasteiger partial charge in [0.25, 0.3) is 5.91 Å². The third kappa shape index (κ3) is 2.63. The van der Waals surface area contributed by atoms with Gasteiger partial charge in [0.15, 0.2) is 6.29 Å². The van der Waals surface area contributed by atoms with Crippen molar-refractivity contribution in [2.75, 3.05) is 5.32 Å². The lowest BCUT2D eigenvalue weighted by atomic mass is 9.94. The first kappa shape index (κ1) is 16.0. The molecule has 0 atom stereocenters. The van der Waals surface area contributed by atoms with Crippen molar-refractivity contribution in [2.45, 2.75) is 6.92 Å². The van der Waals surface area contributed by atoms with Crippen molar-refractivity contribution >= 4 is 29.5 Å². The molecule has 0 saturated heterocycles. The topological polar surface area (TPSA) is 62.0 Å². The Kier molecular flexibility index (Phi) is 3.77. The van der Waals surface area contributed by atoms with Crippen LogP contribution in [0, 0.1) is 12.7 Å². The van der Waals surface area contributed by atoms with Gasteiger partial charge in [-0.05, 0) is 48.4 Å². The van der Waals surface area contributed by atoms with Crippen molar-refractivity contribution < 1.29 is 14.0 Å². The van der Waals surface area contributed by atoms with Crippen molar-refractivity contribution in [3.05, 3.63) is 76.9 Å². The predicted octanol–water partition coefficient (Wildman–Crippen LogP) is 4.43. The number of nitrogens with one attached hydrogen (secondary N) is 2. The van der Waals surface area contributed by atoms with Crippen LogP contribution in [0.2, 0.25) is 0 Å². The molecule has 0 spiro atoms. The molecule has 3 aromatic rings. The quantitative estimate of drug-likeness (QED) is 0.544. The molecule has 0 radical (unpaired) electrons. The minimum atomic E-state index is -0.342. The Labute approximate surface area is 149 Å². The van der Waals surface area contributed by atoms with Gasteiger partial charge in [-0.2, -0.15) is 0 Å². The SMILES string of the molecule is Cc1cc(C=O)c(/C=C2\C(=O)Nc3cccc(-c4cccc(F)c4)c32)[nH]1. The minimum Gasteiger partial charge on any atom is -0.359 e. The number of benzene rings is 2. The smallest absolute Gasteiger partial charge is 0.256 e. The van der Waals surface area contributed by atoms with E-state index in [1.165, 1.54) is 12.1 Å². The number of hydrogen-bond acceptors (Lipinski definition) is 2. The Bertz CT molecular complexity index is 1080. The molecule has 2 heterocycles. The molecule has 0 fully saturated rings. The number of amides is 1. The summed E-state index contributed by atoms with van der Waals surface area (Å²) in [4.78, 5) is 26.9. The van der Waals surface area contributed by atoms with E-state index in [-0.39, 0.29) is 11.7 Å². The normalized spacial score (nSPS) is 14.4. The van der Waals surface area contributed by atoms with Crippen LogP contribution < -0.4 is 5.32 Å². The van der Waals surface area contributed by atoms with Gasteiger partial charge in [0, 0.05) is 28.2 Å². The van der Waals surface area contributed by atoms with Crippen LogP contribution in [0.3, 0.4) is 0 Å². The molecule has 0 aliphatic carbocycles. The maximum absolute atomic E-state index is 13.7. The zero-order valence-electron chi connectivity index (χ0n) is 14.0. The molecule has 2 aromatic carbocycles. The molecule has 1 aliphatic heterocycles. The third-order valence-electron chi connectivity index (χ3n) is 4.39. The van der Waals surface area contributed by atoms with Gasteiger partial charge in [0.1, 0.15) is 5.82 Å². The van der Waals surface area contributed by atoms with Gasteiger partial charge in [0.2, 0.25) is 0 Å². The lowest BCUT2D eigenvalue weighted by molar-refractivity contribution is -0.110. The Morgan fingerprint density at radius 3 is 2.65 bits per heavy atom. The van der Waals surface area contributed by atoms with E-state index in [4.69, 9.17) is 0 Å². The third-order valence-corrected chi connectivity index (χ3v) is 4.39. The number of aromatic nitrogens is 1. The number of aromatic amines is 1. The highest BCUT2D eigenvalue weighted by Gasteiger charge is 2.27. The minimum absolute atomic E-state index is 0.257. The number of carbonyl (C=O) groups is 2. The molecule has 1 aromatic heterocycles. The first-order valence-corrected chi connectivity index (χ1v) is 8.14. The van der Waals surface area contributed by atoms with Gasteiger partial charge in [-0.3, -0.25) is 9.59 Å². The summed E-state index contributed by atoms with van der Waals surface area (Å²) in [5, 5.41) is 2.83. The Morgan fingerprint density at radius 2 is 1.88 bits per heavy atom. The molecule has 5 heteroatoms. The van der Waals surface area contributed by atoms with Crippen LogP contribution in [0.15, 0.2) is 48.5 Å². The molecular formula is C21H15FN2O2. The van der Waals surface area contributed by atoms with Crippen LogP contribution in [0.5, 0.6) is 0 Å². The van der Waals surface area contributed by atoms with Crippen LogP contribution in [-0.2, 0) is 4.79 Å². The van der Waals surface area contributed by atoms with Crippen LogP contribution in [0.25, 0.3) is 22.8 Å². The average molecular weight is 346 g/mol. The summed E-state index contributed by atoms with van der Waals surface area (Å²) in [5.74, 6) is -0.598. The number of fused-ring (bicyclic) bond motifs is 1. The number of hydrogen-bond donors (Lipinski definition) is 2. The van der Waals surface area contributed by atoms with E-state index in [1.54, 1.807) is 30.3 Å². The summed E-state index contributed by atoms with van der Waals surface area (Å²) < 4.78 is 13.7. The van der Waals surface area contributed by atoms with E-state index >= 15 is 0 Å². The van der Waals surface area contributed by atoms with Gasteiger partial charge in [-0.25, -0.2) is 4.39 Å². The van der Waals surface area contributed by atoms with Crippen molar-refractivity contribution in [1.29, 1.82) is 0 Å². The van der Waals surface area contributed by atoms with Gasteiger partial charge in [0.05, 0.1) is 5.57 Å². The lowest BCUT2D eigenvalue weighted by Gasteiger charge is -2.09. The zero-order chi connectivity index (χ0) is 18.3. The standard InChI is InChI=1S/C21H15FN2O2/c1-12-8-14(11-25)19(23-12)10-17-20-16(13-4-2-5-15(22)9-13)6-3-7-18(20)24-21(17)26/h2-11,23H,1H3,(H,24,26)/b17-10-. The highest BCUT2D eigenvalue weighted by atomic mass is 19.1. The first-order valence-electron chi connectivity index (χ1n) is 8.14. The number of halogens is 1. The second kappa shape index (κ2) is 6.11. The molecule has 4 rings (SSSR count). The Morgan fingerprint density at radius 1 is 1.08 bits per heavy atom. The molecule has 1 amide bonds. The summed E-state index contributed by atoms with van der Waals surface area (Å²) >= 11 is 0. The van der Waals surface area contributed by atoms with Crippen LogP contribution in [-0.4, -0.2) is 17.2 Å². The highest BCUT2D eigenvalue weighted by molar-refractivity contribution is 6.36. The van der Waals surface area contributed by atoms with Crippen molar-refractivity contribution in [1.82, 2.24) is 4.98 Å².